The van der Waals surface area contributed by atoms with Gasteiger partial charge in [0, 0.05) is 32.3 Å². The highest BCUT2D eigenvalue weighted by Gasteiger charge is 2.30. The molecule has 2 aromatic heterocycles. The lowest BCUT2D eigenvalue weighted by atomic mass is 10.0. The van der Waals surface area contributed by atoms with Crippen LogP contribution in [0, 0.1) is 0 Å². The van der Waals surface area contributed by atoms with E-state index >= 15 is 0 Å². The summed E-state index contributed by atoms with van der Waals surface area (Å²) in [5.74, 6) is 0.503. The zero-order chi connectivity index (χ0) is 16.2. The SMILES string of the molecule is Cn1cnc(C(=O)N2CCCCC[C@H]2C[C@H](O)c2ccco2)c1. The van der Waals surface area contributed by atoms with E-state index in [1.54, 1.807) is 35.5 Å². The minimum atomic E-state index is -0.688. The van der Waals surface area contributed by atoms with Gasteiger partial charge in [-0.3, -0.25) is 4.79 Å². The number of furan rings is 1. The molecule has 3 rings (SSSR count). The van der Waals surface area contributed by atoms with Gasteiger partial charge >= 0.3 is 0 Å². The van der Waals surface area contributed by atoms with Gasteiger partial charge in [0.15, 0.2) is 0 Å². The predicted octanol–water partition coefficient (Wildman–Crippen LogP) is 2.52. The number of carbonyl (C=O) groups is 1. The third-order valence-electron chi connectivity index (χ3n) is 4.43. The maximum Gasteiger partial charge on any atom is 0.274 e. The highest BCUT2D eigenvalue weighted by atomic mass is 16.4. The number of likely N-dealkylation sites (tertiary alicyclic amines) is 1. The van der Waals surface area contributed by atoms with Crippen molar-refractivity contribution in [2.45, 2.75) is 44.2 Å². The van der Waals surface area contributed by atoms with Crippen LogP contribution in [-0.4, -0.2) is 38.1 Å². The maximum absolute atomic E-state index is 12.8. The summed E-state index contributed by atoms with van der Waals surface area (Å²) in [6.45, 7) is 0.713. The van der Waals surface area contributed by atoms with Gasteiger partial charge in [0.25, 0.3) is 5.91 Å². The van der Waals surface area contributed by atoms with Crippen LogP contribution < -0.4 is 0 Å². The van der Waals surface area contributed by atoms with E-state index in [1.807, 2.05) is 11.9 Å². The van der Waals surface area contributed by atoms with Crippen LogP contribution in [0.15, 0.2) is 35.3 Å². The van der Waals surface area contributed by atoms with Crippen molar-refractivity contribution >= 4 is 5.91 Å². The number of aliphatic hydroxyl groups is 1. The van der Waals surface area contributed by atoms with Crippen LogP contribution in [0.1, 0.15) is 54.5 Å². The van der Waals surface area contributed by atoms with Gasteiger partial charge in [-0.15, -0.1) is 0 Å². The van der Waals surface area contributed by atoms with Crippen molar-refractivity contribution in [3.05, 3.63) is 42.4 Å². The second-order valence-corrected chi connectivity index (χ2v) is 6.19. The molecule has 6 heteroatoms. The Morgan fingerprint density at radius 1 is 1.48 bits per heavy atom. The molecule has 0 aromatic carbocycles. The highest BCUT2D eigenvalue weighted by Crippen LogP contribution is 2.27. The van der Waals surface area contributed by atoms with Crippen molar-refractivity contribution in [2.24, 2.45) is 7.05 Å². The zero-order valence-corrected chi connectivity index (χ0v) is 13.4. The van der Waals surface area contributed by atoms with Crippen LogP contribution in [0.5, 0.6) is 0 Å². The molecule has 1 saturated heterocycles. The van der Waals surface area contributed by atoms with E-state index < -0.39 is 6.10 Å². The largest absolute Gasteiger partial charge is 0.467 e. The van der Waals surface area contributed by atoms with Crippen LogP contribution in [0.4, 0.5) is 0 Å². The van der Waals surface area contributed by atoms with Crippen molar-refractivity contribution in [3.8, 4) is 0 Å². The Hall–Kier alpha value is -2.08. The predicted molar refractivity (Wildman–Crippen MR) is 84.8 cm³/mol. The number of aromatic nitrogens is 2. The number of rotatable bonds is 4. The van der Waals surface area contributed by atoms with Gasteiger partial charge in [0.1, 0.15) is 17.6 Å². The second-order valence-electron chi connectivity index (χ2n) is 6.19. The van der Waals surface area contributed by atoms with Crippen molar-refractivity contribution < 1.29 is 14.3 Å². The summed E-state index contributed by atoms with van der Waals surface area (Å²) in [7, 11) is 1.85. The normalized spacial score (nSPS) is 20.3. The van der Waals surface area contributed by atoms with Crippen LogP contribution >= 0.6 is 0 Å². The molecule has 0 radical (unpaired) electrons. The first kappa shape index (κ1) is 15.8. The summed E-state index contributed by atoms with van der Waals surface area (Å²) in [6.07, 6.45) is 8.81. The number of nitrogens with zero attached hydrogens (tertiary/aromatic N) is 3. The Kier molecular flexibility index (Phi) is 4.81. The fourth-order valence-corrected chi connectivity index (χ4v) is 3.21. The number of aryl methyl sites for hydroxylation is 1. The molecule has 0 spiro atoms. The number of amides is 1. The Bertz CT molecular complexity index is 635. The monoisotopic (exact) mass is 317 g/mol. The highest BCUT2D eigenvalue weighted by molar-refractivity contribution is 5.92. The summed E-state index contributed by atoms with van der Waals surface area (Å²) in [5, 5.41) is 10.4. The Morgan fingerprint density at radius 3 is 3.04 bits per heavy atom. The van der Waals surface area contributed by atoms with Gasteiger partial charge in [0.05, 0.1) is 12.6 Å². The molecule has 23 heavy (non-hydrogen) atoms. The molecule has 1 fully saturated rings. The van der Waals surface area contributed by atoms with Crippen molar-refractivity contribution in [1.29, 1.82) is 0 Å². The van der Waals surface area contributed by atoms with Crippen molar-refractivity contribution in [1.82, 2.24) is 14.5 Å². The van der Waals surface area contributed by atoms with Crippen LogP contribution in [-0.2, 0) is 7.05 Å². The van der Waals surface area contributed by atoms with E-state index in [0.29, 0.717) is 24.4 Å². The average molecular weight is 317 g/mol. The fourth-order valence-electron chi connectivity index (χ4n) is 3.21. The minimum Gasteiger partial charge on any atom is -0.467 e. The van der Waals surface area contributed by atoms with E-state index in [-0.39, 0.29) is 11.9 Å². The fraction of sp³-hybridized carbons (Fsp3) is 0.529. The van der Waals surface area contributed by atoms with Crippen molar-refractivity contribution in [2.75, 3.05) is 6.54 Å². The van der Waals surface area contributed by atoms with Gasteiger partial charge in [-0.1, -0.05) is 12.8 Å². The number of hydrogen-bond acceptors (Lipinski definition) is 4. The first-order chi connectivity index (χ1) is 11.1. The smallest absolute Gasteiger partial charge is 0.274 e. The molecule has 3 heterocycles. The molecular weight excluding hydrogens is 294 g/mol. The van der Waals surface area contributed by atoms with Crippen LogP contribution in [0.25, 0.3) is 0 Å². The minimum absolute atomic E-state index is 0.00658. The third kappa shape index (κ3) is 3.64. The zero-order valence-electron chi connectivity index (χ0n) is 13.4. The lowest BCUT2D eigenvalue weighted by Crippen LogP contribution is -2.41. The van der Waals surface area contributed by atoms with Gasteiger partial charge in [0.2, 0.25) is 0 Å². The number of aliphatic hydroxyl groups excluding tert-OH is 1. The number of carbonyl (C=O) groups excluding carboxylic acids is 1. The van der Waals surface area contributed by atoms with Gasteiger partial charge < -0.3 is 19.0 Å². The molecule has 0 bridgehead atoms. The Labute approximate surface area is 135 Å². The molecule has 1 aliphatic rings. The van der Waals surface area contributed by atoms with Crippen LogP contribution in [0.3, 0.4) is 0 Å². The average Bonchev–Trinajstić information content (AvgIpc) is 3.16. The topological polar surface area (TPSA) is 71.5 Å². The molecule has 2 aromatic rings. The Balaban J connectivity index is 1.75. The van der Waals surface area contributed by atoms with Gasteiger partial charge in [-0.2, -0.15) is 0 Å². The first-order valence-electron chi connectivity index (χ1n) is 8.15. The molecule has 1 aliphatic heterocycles. The summed E-state index contributed by atoms with van der Waals surface area (Å²) in [5.41, 5.74) is 0.465. The summed E-state index contributed by atoms with van der Waals surface area (Å²) in [4.78, 5) is 18.8. The maximum atomic E-state index is 12.8. The molecule has 2 atom stereocenters. The summed E-state index contributed by atoms with van der Waals surface area (Å²) < 4.78 is 7.06. The van der Waals surface area contributed by atoms with E-state index in [9.17, 15) is 9.90 Å². The first-order valence-corrected chi connectivity index (χ1v) is 8.15. The van der Waals surface area contributed by atoms with E-state index in [4.69, 9.17) is 4.42 Å². The third-order valence-corrected chi connectivity index (χ3v) is 4.43. The van der Waals surface area contributed by atoms with E-state index in [0.717, 1.165) is 25.7 Å². The lowest BCUT2D eigenvalue weighted by Gasteiger charge is -2.30. The Morgan fingerprint density at radius 2 is 2.35 bits per heavy atom. The molecular formula is C17H23N3O3. The quantitative estimate of drug-likeness (QED) is 0.940. The van der Waals surface area contributed by atoms with Gasteiger partial charge in [-0.25, -0.2) is 4.98 Å². The van der Waals surface area contributed by atoms with E-state index in [1.165, 1.54) is 0 Å². The molecule has 1 amide bonds. The summed E-state index contributed by atoms with van der Waals surface area (Å²) >= 11 is 0. The number of imidazole rings is 1. The molecule has 0 saturated carbocycles. The molecule has 6 nitrogen and oxygen atoms in total. The van der Waals surface area contributed by atoms with E-state index in [2.05, 4.69) is 4.98 Å². The molecule has 0 unspecified atom stereocenters. The molecule has 1 N–H and O–H groups in total. The van der Waals surface area contributed by atoms with Crippen molar-refractivity contribution in [3.63, 3.8) is 0 Å². The summed E-state index contributed by atoms with van der Waals surface area (Å²) in [6, 6.07) is 3.54. The van der Waals surface area contributed by atoms with Crippen LogP contribution in [0.2, 0.25) is 0 Å². The standard InChI is InChI=1S/C17H23N3O3/c1-19-11-14(18-12-19)17(22)20-8-4-2-3-6-13(20)10-15(21)16-7-5-9-23-16/h5,7,9,11-13,15,21H,2-4,6,8,10H2,1H3/t13-,15-/m0/s1. The lowest BCUT2D eigenvalue weighted by molar-refractivity contribution is 0.0552. The molecule has 0 aliphatic carbocycles. The van der Waals surface area contributed by atoms with Gasteiger partial charge in [-0.05, 0) is 25.0 Å². The molecule has 124 valence electrons. The number of hydrogen-bond donors (Lipinski definition) is 1. The second kappa shape index (κ2) is 7.00.